The highest BCUT2D eigenvalue weighted by Gasteiger charge is 2.19. The van der Waals surface area contributed by atoms with Crippen molar-refractivity contribution in [2.24, 2.45) is 5.73 Å². The number of hydrogen-bond donors (Lipinski definition) is 2. The summed E-state index contributed by atoms with van der Waals surface area (Å²) < 4.78 is 18.9. The maximum Gasteiger partial charge on any atom is 0.127 e. The Bertz CT molecular complexity index is 420. The fourth-order valence-electron chi connectivity index (χ4n) is 2.59. The lowest BCUT2D eigenvalue weighted by molar-refractivity contribution is -0.00901. The predicted octanol–water partition coefficient (Wildman–Crippen LogP) is 1.26. The normalized spacial score (nSPS) is 17.6. The average molecular weight is 282 g/mol. The standard InChI is InChI=1S/C15H23FN2O2/c16-15-2-1-12(9-13(15)10-17)11-18-5-3-14(4-6-18)20-8-7-19/h1-2,9,14,19H,3-8,10-11,17H2. The van der Waals surface area contributed by atoms with Crippen LogP contribution in [0.5, 0.6) is 0 Å². The summed E-state index contributed by atoms with van der Waals surface area (Å²) in [6.07, 6.45) is 2.21. The van der Waals surface area contributed by atoms with Gasteiger partial charge in [0.25, 0.3) is 0 Å². The molecule has 1 aromatic carbocycles. The van der Waals surface area contributed by atoms with Gasteiger partial charge in [-0.1, -0.05) is 12.1 Å². The number of ether oxygens (including phenoxy) is 1. The van der Waals surface area contributed by atoms with Gasteiger partial charge in [0.15, 0.2) is 0 Å². The van der Waals surface area contributed by atoms with Gasteiger partial charge >= 0.3 is 0 Å². The van der Waals surface area contributed by atoms with Crippen LogP contribution in [0.1, 0.15) is 24.0 Å². The van der Waals surface area contributed by atoms with Crippen LogP contribution >= 0.6 is 0 Å². The van der Waals surface area contributed by atoms with Gasteiger partial charge in [0.05, 0.1) is 19.3 Å². The van der Waals surface area contributed by atoms with Crippen molar-refractivity contribution in [2.75, 3.05) is 26.3 Å². The zero-order valence-electron chi connectivity index (χ0n) is 11.7. The number of benzene rings is 1. The Balaban J connectivity index is 1.83. The number of aliphatic hydroxyl groups excluding tert-OH is 1. The van der Waals surface area contributed by atoms with E-state index in [2.05, 4.69) is 4.90 Å². The van der Waals surface area contributed by atoms with E-state index in [1.54, 1.807) is 0 Å². The largest absolute Gasteiger partial charge is 0.394 e. The van der Waals surface area contributed by atoms with Crippen LogP contribution in [0.2, 0.25) is 0 Å². The van der Waals surface area contributed by atoms with Crippen LogP contribution in [0.15, 0.2) is 18.2 Å². The number of nitrogens with two attached hydrogens (primary N) is 1. The van der Waals surface area contributed by atoms with Crippen molar-refractivity contribution in [1.82, 2.24) is 4.90 Å². The highest BCUT2D eigenvalue weighted by Crippen LogP contribution is 2.17. The molecule has 0 unspecified atom stereocenters. The molecule has 112 valence electrons. The number of nitrogens with zero attached hydrogens (tertiary/aromatic N) is 1. The first-order valence-electron chi connectivity index (χ1n) is 7.15. The third kappa shape index (κ3) is 4.24. The number of piperidine rings is 1. The van der Waals surface area contributed by atoms with E-state index < -0.39 is 0 Å². The fraction of sp³-hybridized carbons (Fsp3) is 0.600. The molecule has 0 bridgehead atoms. The minimum Gasteiger partial charge on any atom is -0.394 e. The van der Waals surface area contributed by atoms with Crippen LogP contribution < -0.4 is 5.73 Å². The Morgan fingerprint density at radius 2 is 2.10 bits per heavy atom. The maximum atomic E-state index is 13.4. The summed E-state index contributed by atoms with van der Waals surface area (Å²) in [5.41, 5.74) is 7.20. The molecule has 0 radical (unpaired) electrons. The molecule has 0 saturated carbocycles. The molecule has 1 heterocycles. The van der Waals surface area contributed by atoms with Gasteiger partial charge < -0.3 is 15.6 Å². The quantitative estimate of drug-likeness (QED) is 0.824. The van der Waals surface area contributed by atoms with Gasteiger partial charge in [-0.2, -0.15) is 0 Å². The molecule has 0 spiro atoms. The Morgan fingerprint density at radius 1 is 1.35 bits per heavy atom. The summed E-state index contributed by atoms with van der Waals surface area (Å²) in [4.78, 5) is 2.34. The molecule has 0 aliphatic carbocycles. The lowest BCUT2D eigenvalue weighted by atomic mass is 10.1. The van der Waals surface area contributed by atoms with Crippen LogP contribution in [0, 0.1) is 5.82 Å². The monoisotopic (exact) mass is 282 g/mol. The second-order valence-electron chi connectivity index (χ2n) is 5.20. The highest BCUT2D eigenvalue weighted by molar-refractivity contribution is 5.25. The first-order chi connectivity index (χ1) is 9.72. The smallest absolute Gasteiger partial charge is 0.127 e. The second-order valence-corrected chi connectivity index (χ2v) is 5.20. The van der Waals surface area contributed by atoms with Crippen LogP contribution in [0.25, 0.3) is 0 Å². The summed E-state index contributed by atoms with van der Waals surface area (Å²) in [7, 11) is 0. The van der Waals surface area contributed by atoms with Crippen LogP contribution in [-0.4, -0.2) is 42.4 Å². The third-order valence-electron chi connectivity index (χ3n) is 3.72. The zero-order chi connectivity index (χ0) is 14.4. The Morgan fingerprint density at radius 3 is 2.75 bits per heavy atom. The van der Waals surface area contributed by atoms with Crippen molar-refractivity contribution >= 4 is 0 Å². The van der Waals surface area contributed by atoms with Gasteiger partial charge in [0.1, 0.15) is 5.82 Å². The molecule has 2 rings (SSSR count). The van der Waals surface area contributed by atoms with Crippen LogP contribution in [0.3, 0.4) is 0 Å². The molecule has 1 aromatic rings. The van der Waals surface area contributed by atoms with Crippen molar-refractivity contribution in [3.63, 3.8) is 0 Å². The van der Waals surface area contributed by atoms with Crippen LogP contribution in [0.4, 0.5) is 4.39 Å². The van der Waals surface area contributed by atoms with E-state index in [4.69, 9.17) is 15.6 Å². The third-order valence-corrected chi connectivity index (χ3v) is 3.72. The first-order valence-corrected chi connectivity index (χ1v) is 7.15. The zero-order valence-corrected chi connectivity index (χ0v) is 11.7. The number of likely N-dealkylation sites (tertiary alicyclic amines) is 1. The Labute approximate surface area is 119 Å². The van der Waals surface area contributed by atoms with Crippen molar-refractivity contribution in [1.29, 1.82) is 0 Å². The van der Waals surface area contributed by atoms with Crippen molar-refractivity contribution in [3.8, 4) is 0 Å². The molecule has 0 amide bonds. The summed E-state index contributed by atoms with van der Waals surface area (Å²) in [6, 6.07) is 5.17. The minimum atomic E-state index is -0.229. The maximum absolute atomic E-state index is 13.4. The van der Waals surface area contributed by atoms with Crippen LogP contribution in [-0.2, 0) is 17.8 Å². The molecule has 3 N–H and O–H groups in total. The molecule has 5 heteroatoms. The molecule has 1 saturated heterocycles. The molecule has 1 fully saturated rings. The summed E-state index contributed by atoms with van der Waals surface area (Å²) in [5.74, 6) is -0.229. The number of aliphatic hydroxyl groups is 1. The molecule has 1 aliphatic heterocycles. The minimum absolute atomic E-state index is 0.0810. The molecule has 0 atom stereocenters. The molecule has 0 aromatic heterocycles. The van der Waals surface area contributed by atoms with E-state index in [0.717, 1.165) is 38.0 Å². The van der Waals surface area contributed by atoms with Gasteiger partial charge in [-0.05, 0) is 24.5 Å². The van der Waals surface area contributed by atoms with Gasteiger partial charge in [-0.3, -0.25) is 4.90 Å². The molecule has 4 nitrogen and oxygen atoms in total. The number of halogens is 1. The molecular formula is C15H23FN2O2. The van der Waals surface area contributed by atoms with Crippen molar-refractivity contribution in [2.45, 2.75) is 32.0 Å². The van der Waals surface area contributed by atoms with Gasteiger partial charge in [-0.15, -0.1) is 0 Å². The number of hydrogen-bond acceptors (Lipinski definition) is 4. The summed E-state index contributed by atoms with van der Waals surface area (Å²) in [5, 5.41) is 8.74. The lowest BCUT2D eigenvalue weighted by Crippen LogP contribution is -2.36. The van der Waals surface area contributed by atoms with Gasteiger partial charge in [-0.25, -0.2) is 4.39 Å². The SMILES string of the molecule is NCc1cc(CN2CCC(OCCO)CC2)ccc1F. The lowest BCUT2D eigenvalue weighted by Gasteiger charge is -2.31. The predicted molar refractivity (Wildman–Crippen MR) is 75.6 cm³/mol. The Hall–Kier alpha value is -1.01. The fourth-order valence-corrected chi connectivity index (χ4v) is 2.59. The molecule has 1 aliphatic rings. The first kappa shape index (κ1) is 15.4. The second kappa shape index (κ2) is 7.69. The van der Waals surface area contributed by atoms with E-state index in [-0.39, 0.29) is 25.1 Å². The summed E-state index contributed by atoms with van der Waals surface area (Å²) >= 11 is 0. The average Bonchev–Trinajstić information content (AvgIpc) is 2.48. The van der Waals surface area contributed by atoms with Crippen molar-refractivity contribution < 1.29 is 14.2 Å². The van der Waals surface area contributed by atoms with E-state index in [1.165, 1.54) is 6.07 Å². The summed E-state index contributed by atoms with van der Waals surface area (Å²) in [6.45, 7) is 3.48. The van der Waals surface area contributed by atoms with E-state index in [9.17, 15) is 4.39 Å². The number of rotatable bonds is 6. The topological polar surface area (TPSA) is 58.7 Å². The van der Waals surface area contributed by atoms with E-state index in [0.29, 0.717) is 12.2 Å². The van der Waals surface area contributed by atoms with E-state index in [1.807, 2.05) is 12.1 Å². The highest BCUT2D eigenvalue weighted by atomic mass is 19.1. The van der Waals surface area contributed by atoms with E-state index >= 15 is 0 Å². The van der Waals surface area contributed by atoms with Gasteiger partial charge in [0.2, 0.25) is 0 Å². The molecular weight excluding hydrogens is 259 g/mol. The van der Waals surface area contributed by atoms with Gasteiger partial charge in [0, 0.05) is 31.7 Å². The Kier molecular flexibility index (Phi) is 5.91. The van der Waals surface area contributed by atoms with Crippen molar-refractivity contribution in [3.05, 3.63) is 35.1 Å². The molecule has 20 heavy (non-hydrogen) atoms.